The molecule has 8 nitrogen and oxygen atoms in total. The minimum Gasteiger partial charge on any atom is -0.382 e. The molecule has 13 heteroatoms. The van der Waals surface area contributed by atoms with Crippen LogP contribution >= 0.6 is 11.6 Å². The molecule has 0 aliphatic heterocycles. The molecule has 2 fully saturated rings. The smallest absolute Gasteiger partial charge is 0.382 e. The molecule has 5 rings (SSSR count). The summed E-state index contributed by atoms with van der Waals surface area (Å²) in [5, 5.41) is 20.8. The van der Waals surface area contributed by atoms with Crippen LogP contribution in [-0.4, -0.2) is 35.3 Å². The van der Waals surface area contributed by atoms with Crippen molar-refractivity contribution in [3.8, 4) is 0 Å². The number of anilines is 1. The van der Waals surface area contributed by atoms with Crippen LogP contribution in [0.2, 0.25) is 5.02 Å². The number of benzene rings is 1. The number of hydrogen-bond donors (Lipinski definition) is 2. The average molecular weight is 527 g/mol. The van der Waals surface area contributed by atoms with Crippen LogP contribution in [0.5, 0.6) is 0 Å². The van der Waals surface area contributed by atoms with Crippen molar-refractivity contribution in [3.05, 3.63) is 58.4 Å². The molecule has 0 bridgehead atoms. The van der Waals surface area contributed by atoms with Gasteiger partial charge in [0.1, 0.15) is 17.1 Å². The van der Waals surface area contributed by atoms with Crippen LogP contribution in [0.15, 0.2) is 24.5 Å². The normalized spacial score (nSPS) is 25.8. The van der Waals surface area contributed by atoms with E-state index in [0.717, 1.165) is 10.6 Å². The van der Waals surface area contributed by atoms with E-state index in [2.05, 4.69) is 20.5 Å². The van der Waals surface area contributed by atoms with Crippen molar-refractivity contribution in [2.75, 3.05) is 5.32 Å². The number of hydrogen-bond acceptors (Lipinski definition) is 5. The number of carbonyl (C=O) groups is 1. The van der Waals surface area contributed by atoms with Crippen LogP contribution < -0.4 is 5.32 Å². The third-order valence-electron chi connectivity index (χ3n) is 7.33. The van der Waals surface area contributed by atoms with Gasteiger partial charge in [0.05, 0.1) is 17.0 Å². The highest BCUT2D eigenvalue weighted by molar-refractivity contribution is 6.31. The van der Waals surface area contributed by atoms with Gasteiger partial charge in [0.2, 0.25) is 5.82 Å². The number of aryl methyl sites for hydroxylation is 1. The van der Waals surface area contributed by atoms with E-state index in [0.29, 0.717) is 29.9 Å². The van der Waals surface area contributed by atoms with Gasteiger partial charge in [0.25, 0.3) is 5.91 Å². The minimum absolute atomic E-state index is 0.0276. The summed E-state index contributed by atoms with van der Waals surface area (Å²) in [6, 6.07) is 3.89. The standard InChI is InChI=1S/C23H23ClF4N6O2/c1-33-10-29-17(18(33)19(35)30-14-3-4-16(25)15(24)7-14)11-5-12-8-22(36,9-13(12)6-11)20-31-32-21(34(20)2)23(26,27)28/h3-4,7,10-13,36H,5-6,8-9H2,1-2H3,(H,30,35). The van der Waals surface area contributed by atoms with E-state index < -0.39 is 29.3 Å². The van der Waals surface area contributed by atoms with Gasteiger partial charge in [-0.2, -0.15) is 13.2 Å². The zero-order chi connectivity index (χ0) is 26.0. The summed E-state index contributed by atoms with van der Waals surface area (Å²) in [6.45, 7) is 0. The van der Waals surface area contributed by atoms with E-state index in [1.165, 1.54) is 19.2 Å². The summed E-state index contributed by atoms with van der Waals surface area (Å²) in [5.41, 5.74) is -0.190. The molecule has 0 spiro atoms. The molecule has 2 aromatic heterocycles. The van der Waals surface area contributed by atoms with Crippen molar-refractivity contribution >= 4 is 23.2 Å². The second-order valence-electron chi connectivity index (χ2n) is 9.70. The molecule has 36 heavy (non-hydrogen) atoms. The summed E-state index contributed by atoms with van der Waals surface area (Å²) < 4.78 is 55.3. The highest BCUT2D eigenvalue weighted by Crippen LogP contribution is 2.56. The molecule has 2 N–H and O–H groups in total. The Morgan fingerprint density at radius 1 is 1.19 bits per heavy atom. The lowest BCUT2D eigenvalue weighted by Gasteiger charge is -2.24. The Morgan fingerprint density at radius 3 is 2.44 bits per heavy atom. The van der Waals surface area contributed by atoms with Crippen LogP contribution in [0, 0.1) is 17.7 Å². The summed E-state index contributed by atoms with van der Waals surface area (Å²) in [7, 11) is 2.91. The quantitative estimate of drug-likeness (QED) is 0.491. The lowest BCUT2D eigenvalue weighted by atomic mass is 9.91. The molecule has 2 unspecified atom stereocenters. The Kier molecular flexibility index (Phi) is 5.86. The number of carbonyl (C=O) groups excluding carboxylic acids is 1. The minimum atomic E-state index is -4.66. The van der Waals surface area contributed by atoms with Gasteiger partial charge >= 0.3 is 6.18 Å². The highest BCUT2D eigenvalue weighted by atomic mass is 35.5. The third kappa shape index (κ3) is 4.15. The second-order valence-corrected chi connectivity index (χ2v) is 10.1. The van der Waals surface area contributed by atoms with Gasteiger partial charge in [-0.3, -0.25) is 4.79 Å². The predicted molar refractivity (Wildman–Crippen MR) is 121 cm³/mol. The maximum absolute atomic E-state index is 13.5. The number of fused-ring (bicyclic) bond motifs is 1. The lowest BCUT2D eigenvalue weighted by molar-refractivity contribution is -0.147. The number of nitrogens with one attached hydrogen (secondary N) is 1. The fourth-order valence-corrected chi connectivity index (χ4v) is 6.02. The maximum Gasteiger partial charge on any atom is 0.451 e. The van der Waals surface area contributed by atoms with Crippen molar-refractivity contribution in [2.45, 2.75) is 43.4 Å². The molecule has 2 atom stereocenters. The number of nitrogens with zero attached hydrogens (tertiary/aromatic N) is 5. The molecular formula is C23H23ClF4N6O2. The highest BCUT2D eigenvalue weighted by Gasteiger charge is 2.53. The number of aliphatic hydroxyl groups is 1. The SMILES string of the molecule is Cn1cnc(C2CC3CC(O)(c4nnc(C(F)(F)F)n4C)CC3C2)c1C(=O)Nc1ccc(F)c(Cl)c1. The molecule has 1 amide bonds. The molecule has 2 aliphatic rings. The van der Waals surface area contributed by atoms with Gasteiger partial charge in [0.15, 0.2) is 5.82 Å². The molecule has 2 heterocycles. The van der Waals surface area contributed by atoms with Crippen molar-refractivity contribution in [1.82, 2.24) is 24.3 Å². The number of imidazole rings is 1. The Bertz CT molecular complexity index is 1320. The van der Waals surface area contributed by atoms with Crippen LogP contribution in [0.4, 0.5) is 23.2 Å². The summed E-state index contributed by atoms with van der Waals surface area (Å²) in [6.07, 6.45) is -1.37. The molecular weight excluding hydrogens is 504 g/mol. The van der Waals surface area contributed by atoms with Gasteiger partial charge in [-0.05, 0) is 55.7 Å². The Labute approximate surface area is 208 Å². The van der Waals surface area contributed by atoms with E-state index in [1.807, 2.05) is 0 Å². The molecule has 3 aromatic rings. The number of halogens is 5. The van der Waals surface area contributed by atoms with Gasteiger partial charge in [-0.25, -0.2) is 9.37 Å². The van der Waals surface area contributed by atoms with Crippen molar-refractivity contribution in [2.24, 2.45) is 25.9 Å². The number of alkyl halides is 3. The second kappa shape index (κ2) is 8.55. The Balaban J connectivity index is 1.32. The largest absolute Gasteiger partial charge is 0.451 e. The van der Waals surface area contributed by atoms with Crippen molar-refractivity contribution in [3.63, 3.8) is 0 Å². The predicted octanol–water partition coefficient (Wildman–Crippen LogP) is 4.40. The average Bonchev–Trinajstić information content (AvgIpc) is 3.52. The first-order valence-electron chi connectivity index (χ1n) is 11.3. The maximum atomic E-state index is 13.5. The first-order valence-corrected chi connectivity index (χ1v) is 11.7. The molecule has 0 saturated heterocycles. The van der Waals surface area contributed by atoms with Crippen LogP contribution in [0.1, 0.15) is 59.4 Å². The van der Waals surface area contributed by atoms with Crippen molar-refractivity contribution < 1.29 is 27.5 Å². The number of rotatable bonds is 4. The van der Waals surface area contributed by atoms with E-state index in [9.17, 15) is 27.5 Å². The first-order chi connectivity index (χ1) is 16.9. The summed E-state index contributed by atoms with van der Waals surface area (Å²) >= 11 is 5.81. The number of amides is 1. The first kappa shape index (κ1) is 24.7. The zero-order valence-corrected chi connectivity index (χ0v) is 20.1. The fourth-order valence-electron chi connectivity index (χ4n) is 5.84. The lowest BCUT2D eigenvalue weighted by Crippen LogP contribution is -2.28. The van der Waals surface area contributed by atoms with Gasteiger partial charge in [-0.15, -0.1) is 10.2 Å². The van der Waals surface area contributed by atoms with E-state index >= 15 is 0 Å². The zero-order valence-electron chi connectivity index (χ0n) is 19.4. The van der Waals surface area contributed by atoms with E-state index in [-0.39, 0.29) is 41.4 Å². The molecule has 2 saturated carbocycles. The van der Waals surface area contributed by atoms with Gasteiger partial charge < -0.3 is 19.6 Å². The summed E-state index contributed by atoms with van der Waals surface area (Å²) in [4.78, 5) is 17.5. The third-order valence-corrected chi connectivity index (χ3v) is 7.62. The van der Waals surface area contributed by atoms with Crippen LogP contribution in [0.25, 0.3) is 0 Å². The van der Waals surface area contributed by atoms with Crippen LogP contribution in [-0.2, 0) is 25.9 Å². The monoisotopic (exact) mass is 526 g/mol. The van der Waals surface area contributed by atoms with Gasteiger partial charge in [-0.1, -0.05) is 11.6 Å². The topological polar surface area (TPSA) is 97.9 Å². The Morgan fingerprint density at radius 2 is 1.86 bits per heavy atom. The van der Waals surface area contributed by atoms with Crippen LogP contribution in [0.3, 0.4) is 0 Å². The molecule has 192 valence electrons. The molecule has 0 radical (unpaired) electrons. The Hall–Kier alpha value is -2.99. The molecule has 1 aromatic carbocycles. The summed E-state index contributed by atoms with van der Waals surface area (Å²) in [5.74, 6) is -2.25. The van der Waals surface area contributed by atoms with E-state index in [4.69, 9.17) is 11.6 Å². The van der Waals surface area contributed by atoms with Crippen molar-refractivity contribution in [1.29, 1.82) is 0 Å². The van der Waals surface area contributed by atoms with Gasteiger partial charge in [0, 0.05) is 25.7 Å². The van der Waals surface area contributed by atoms with E-state index in [1.54, 1.807) is 17.9 Å². The fraction of sp³-hybridized carbons (Fsp3) is 0.478. The number of aromatic nitrogens is 5. The molecule has 2 aliphatic carbocycles.